The molecule has 0 aromatic heterocycles. The number of carbonyl (C=O) groups is 1. The van der Waals surface area contributed by atoms with Crippen LogP contribution in [0.3, 0.4) is 0 Å². The largest absolute Gasteiger partial charge is 0.497 e. The molecule has 174 valence electrons. The molecule has 3 aromatic rings. The van der Waals surface area contributed by atoms with E-state index in [4.69, 9.17) is 21.1 Å². The van der Waals surface area contributed by atoms with E-state index in [2.05, 4.69) is 0 Å². The molecular formula is C25H25ClO6S. The zero-order valence-corrected chi connectivity index (χ0v) is 20.3. The third-order valence-electron chi connectivity index (χ3n) is 5.04. The van der Waals surface area contributed by atoms with Gasteiger partial charge in [0.1, 0.15) is 11.5 Å². The second kappa shape index (κ2) is 9.45. The van der Waals surface area contributed by atoms with Crippen molar-refractivity contribution in [3.63, 3.8) is 0 Å². The molecular weight excluding hydrogens is 464 g/mol. The van der Waals surface area contributed by atoms with Crippen LogP contribution in [0.15, 0.2) is 76.5 Å². The summed E-state index contributed by atoms with van der Waals surface area (Å²) in [5.41, 5.74) is 0.546. The van der Waals surface area contributed by atoms with Crippen LogP contribution in [0.2, 0.25) is 5.02 Å². The van der Waals surface area contributed by atoms with Gasteiger partial charge in [-0.1, -0.05) is 44.5 Å². The van der Waals surface area contributed by atoms with E-state index in [0.29, 0.717) is 27.6 Å². The third-order valence-corrected chi connectivity index (χ3v) is 7.06. The van der Waals surface area contributed by atoms with Crippen molar-refractivity contribution in [2.75, 3.05) is 7.11 Å². The lowest BCUT2D eigenvalue weighted by Gasteiger charge is -2.28. The number of sulfone groups is 1. The average Bonchev–Trinajstić information content (AvgIpc) is 2.77. The van der Waals surface area contributed by atoms with E-state index >= 15 is 0 Å². The minimum Gasteiger partial charge on any atom is -0.497 e. The fraction of sp³-hybridized carbons (Fsp3) is 0.240. The Bertz CT molecular complexity index is 1240. The van der Waals surface area contributed by atoms with Gasteiger partial charge in [-0.3, -0.25) is 0 Å². The number of methoxy groups -OCH3 is 1. The molecule has 6 nitrogen and oxygen atoms in total. The maximum atomic E-state index is 13.0. The molecule has 0 aliphatic carbocycles. The fourth-order valence-electron chi connectivity index (χ4n) is 3.26. The molecule has 0 heterocycles. The number of ether oxygens (including phenoxy) is 2. The Morgan fingerprint density at radius 1 is 0.939 bits per heavy atom. The van der Waals surface area contributed by atoms with Gasteiger partial charge in [0.2, 0.25) is 9.84 Å². The van der Waals surface area contributed by atoms with E-state index in [0.717, 1.165) is 0 Å². The Labute approximate surface area is 198 Å². The molecule has 1 N–H and O–H groups in total. The van der Waals surface area contributed by atoms with E-state index < -0.39 is 27.3 Å². The second-order valence-electron chi connectivity index (χ2n) is 8.55. The summed E-state index contributed by atoms with van der Waals surface area (Å²) in [6.07, 6.45) is -1.09. The van der Waals surface area contributed by atoms with Gasteiger partial charge >= 0.3 is 5.97 Å². The molecule has 0 amide bonds. The summed E-state index contributed by atoms with van der Waals surface area (Å²) < 4.78 is 36.9. The van der Waals surface area contributed by atoms with E-state index in [1.807, 2.05) is 0 Å². The molecule has 1 atom stereocenters. The molecule has 0 saturated heterocycles. The van der Waals surface area contributed by atoms with Gasteiger partial charge in [0.15, 0.2) is 6.10 Å². The summed E-state index contributed by atoms with van der Waals surface area (Å²) in [6.45, 7) is 5.33. The fourth-order valence-corrected chi connectivity index (χ4v) is 4.69. The molecule has 0 aliphatic heterocycles. The summed E-state index contributed by atoms with van der Waals surface area (Å²) in [5.74, 6) is -0.176. The minimum atomic E-state index is -3.72. The maximum Gasteiger partial charge on any atom is 0.345 e. The van der Waals surface area contributed by atoms with Gasteiger partial charge in [0.25, 0.3) is 0 Å². The number of hydrogen-bond acceptors (Lipinski definition) is 5. The van der Waals surface area contributed by atoms with E-state index in [9.17, 15) is 18.3 Å². The Hall–Kier alpha value is -3.03. The predicted molar refractivity (Wildman–Crippen MR) is 127 cm³/mol. The Morgan fingerprint density at radius 2 is 1.48 bits per heavy atom. The first kappa shape index (κ1) is 24.6. The van der Waals surface area contributed by atoms with Crippen LogP contribution in [0.1, 0.15) is 20.8 Å². The molecule has 1 unspecified atom stereocenters. The number of halogens is 1. The van der Waals surface area contributed by atoms with Crippen LogP contribution in [0.4, 0.5) is 0 Å². The van der Waals surface area contributed by atoms with Crippen LogP contribution >= 0.6 is 11.6 Å². The number of carboxylic acids is 1. The van der Waals surface area contributed by atoms with Gasteiger partial charge in [-0.15, -0.1) is 0 Å². The standard InChI is InChI=1S/C25H25ClO6S/c1-25(2,3)23(24(27)28)32-22-14-7-17(26)15-21(22)16-5-10-19(11-6-16)33(29,30)20-12-8-18(31-4)9-13-20/h5-15,23H,1-4H3,(H,27,28). The Balaban J connectivity index is 1.98. The van der Waals surface area contributed by atoms with Crippen molar-refractivity contribution in [1.82, 2.24) is 0 Å². The predicted octanol–water partition coefficient (Wildman–Crippen LogP) is 5.73. The van der Waals surface area contributed by atoms with Crippen molar-refractivity contribution in [2.24, 2.45) is 5.41 Å². The topological polar surface area (TPSA) is 89.9 Å². The first-order valence-electron chi connectivity index (χ1n) is 10.1. The van der Waals surface area contributed by atoms with E-state index in [1.54, 1.807) is 63.2 Å². The molecule has 3 rings (SSSR count). The highest BCUT2D eigenvalue weighted by Crippen LogP contribution is 2.36. The third kappa shape index (κ3) is 5.49. The van der Waals surface area contributed by atoms with Crippen molar-refractivity contribution in [3.05, 3.63) is 71.8 Å². The first-order chi connectivity index (χ1) is 15.4. The number of benzene rings is 3. The van der Waals surface area contributed by atoms with Crippen LogP contribution in [-0.2, 0) is 14.6 Å². The van der Waals surface area contributed by atoms with Gasteiger partial charge in [0.05, 0.1) is 16.9 Å². The van der Waals surface area contributed by atoms with Crippen LogP contribution in [0.25, 0.3) is 11.1 Å². The first-order valence-corrected chi connectivity index (χ1v) is 12.0. The maximum absolute atomic E-state index is 13.0. The molecule has 3 aromatic carbocycles. The van der Waals surface area contributed by atoms with Gasteiger partial charge in [-0.25, -0.2) is 13.2 Å². The normalized spacial score (nSPS) is 12.8. The Morgan fingerprint density at radius 3 is 1.97 bits per heavy atom. The van der Waals surface area contributed by atoms with Crippen LogP contribution in [-0.4, -0.2) is 32.7 Å². The molecule has 0 spiro atoms. The lowest BCUT2D eigenvalue weighted by molar-refractivity contribution is -0.150. The zero-order valence-electron chi connectivity index (χ0n) is 18.7. The number of rotatable bonds is 7. The smallest absolute Gasteiger partial charge is 0.345 e. The summed E-state index contributed by atoms with van der Waals surface area (Å²) in [6, 6.07) is 17.3. The molecule has 0 aliphatic rings. The molecule has 0 bridgehead atoms. The SMILES string of the molecule is COc1ccc(S(=O)(=O)c2ccc(-c3cc(Cl)ccc3OC(C(=O)O)C(C)(C)C)cc2)cc1. The number of carboxylic acid groups (broad SMARTS) is 1. The van der Waals surface area contributed by atoms with Gasteiger partial charge in [0, 0.05) is 16.0 Å². The van der Waals surface area contributed by atoms with Gasteiger partial charge in [-0.05, 0) is 60.2 Å². The molecule has 0 saturated carbocycles. The van der Waals surface area contributed by atoms with Crippen LogP contribution in [0.5, 0.6) is 11.5 Å². The summed E-state index contributed by atoms with van der Waals surface area (Å²) in [7, 11) is -2.21. The number of hydrogen-bond donors (Lipinski definition) is 1. The van der Waals surface area contributed by atoms with E-state index in [1.165, 1.54) is 31.4 Å². The lowest BCUT2D eigenvalue weighted by Crippen LogP contribution is -2.39. The summed E-state index contributed by atoms with van der Waals surface area (Å²) in [5, 5.41) is 10.1. The van der Waals surface area contributed by atoms with Crippen molar-refractivity contribution in [1.29, 1.82) is 0 Å². The highest BCUT2D eigenvalue weighted by molar-refractivity contribution is 7.91. The zero-order chi connectivity index (χ0) is 24.4. The highest BCUT2D eigenvalue weighted by atomic mass is 35.5. The molecule has 0 radical (unpaired) electrons. The monoisotopic (exact) mass is 488 g/mol. The van der Waals surface area contributed by atoms with Gasteiger partial charge < -0.3 is 14.6 Å². The highest BCUT2D eigenvalue weighted by Gasteiger charge is 2.34. The average molecular weight is 489 g/mol. The van der Waals surface area contributed by atoms with Crippen LogP contribution in [0, 0.1) is 5.41 Å². The van der Waals surface area contributed by atoms with Crippen molar-refractivity contribution in [2.45, 2.75) is 36.7 Å². The summed E-state index contributed by atoms with van der Waals surface area (Å²) in [4.78, 5) is 12.0. The molecule has 0 fully saturated rings. The minimum absolute atomic E-state index is 0.124. The quantitative estimate of drug-likeness (QED) is 0.457. The lowest BCUT2D eigenvalue weighted by atomic mass is 9.89. The molecule has 8 heteroatoms. The van der Waals surface area contributed by atoms with Crippen molar-refractivity contribution in [3.8, 4) is 22.6 Å². The van der Waals surface area contributed by atoms with E-state index in [-0.39, 0.29) is 9.79 Å². The van der Waals surface area contributed by atoms with Crippen LogP contribution < -0.4 is 9.47 Å². The van der Waals surface area contributed by atoms with Crippen molar-refractivity contribution < 1.29 is 27.8 Å². The summed E-state index contributed by atoms with van der Waals surface area (Å²) >= 11 is 6.19. The van der Waals surface area contributed by atoms with Gasteiger partial charge in [-0.2, -0.15) is 0 Å². The Kier molecular flexibility index (Phi) is 7.05. The molecule has 33 heavy (non-hydrogen) atoms. The second-order valence-corrected chi connectivity index (χ2v) is 10.9. The van der Waals surface area contributed by atoms with Crippen molar-refractivity contribution >= 4 is 27.4 Å². The number of aliphatic carboxylic acids is 1.